The fourth-order valence-electron chi connectivity index (χ4n) is 4.36. The summed E-state index contributed by atoms with van der Waals surface area (Å²) in [4.78, 5) is 21.4. The van der Waals surface area contributed by atoms with Crippen LogP contribution in [0.5, 0.6) is 11.5 Å². The van der Waals surface area contributed by atoms with Crippen LogP contribution in [0.25, 0.3) is 11.0 Å². The van der Waals surface area contributed by atoms with Gasteiger partial charge in [0.25, 0.3) is 0 Å². The third kappa shape index (κ3) is 5.41. The lowest BCUT2D eigenvalue weighted by atomic mass is 9.86. The van der Waals surface area contributed by atoms with Crippen molar-refractivity contribution < 1.29 is 13.9 Å². The number of halogens is 1. The topological polar surface area (TPSA) is 93.1 Å². The number of carbonyl (C=O) groups is 1. The Hall–Kier alpha value is -3.98. The van der Waals surface area contributed by atoms with Crippen molar-refractivity contribution in [2.45, 2.75) is 25.7 Å². The molecule has 0 spiro atoms. The van der Waals surface area contributed by atoms with Crippen LogP contribution in [0.2, 0.25) is 0 Å². The number of hydrogen-bond acceptors (Lipinski definition) is 6. The second kappa shape index (κ2) is 10.2. The largest absolute Gasteiger partial charge is 0.457 e. The third-order valence-electron chi connectivity index (χ3n) is 6.74. The Morgan fingerprint density at radius 1 is 1.19 bits per heavy atom. The Bertz CT molecular complexity index is 1430. The first-order chi connectivity index (χ1) is 17.8. The van der Waals surface area contributed by atoms with E-state index in [4.69, 9.17) is 9.72 Å². The highest BCUT2D eigenvalue weighted by Gasteiger charge is 2.23. The van der Waals surface area contributed by atoms with Crippen LogP contribution < -0.4 is 20.7 Å². The number of hydrogen-bond donors (Lipinski definition) is 3. The molecule has 37 heavy (non-hydrogen) atoms. The molecule has 4 aromatic rings. The summed E-state index contributed by atoms with van der Waals surface area (Å²) < 4.78 is 21.5. The number of aryl methyl sites for hydroxylation is 1. The van der Waals surface area contributed by atoms with Gasteiger partial charge in [0.05, 0.1) is 23.6 Å². The molecule has 1 fully saturated rings. The second-order valence-corrected chi connectivity index (χ2v) is 10.0. The number of amides is 1. The number of ether oxygens (including phenoxy) is 1. The zero-order valence-electron chi connectivity index (χ0n) is 21.2. The minimum Gasteiger partial charge on any atom is -0.457 e. The maximum atomic E-state index is 13.5. The Kier molecular flexibility index (Phi) is 6.80. The second-order valence-electron chi connectivity index (χ2n) is 10.0. The van der Waals surface area contributed by atoms with E-state index in [9.17, 15) is 9.18 Å². The first kappa shape index (κ1) is 24.7. The van der Waals surface area contributed by atoms with Gasteiger partial charge >= 0.3 is 0 Å². The van der Waals surface area contributed by atoms with Gasteiger partial charge in [-0.2, -0.15) is 0 Å². The van der Waals surface area contributed by atoms with Crippen LogP contribution in [-0.4, -0.2) is 40.2 Å². The average molecular weight is 503 g/mol. The summed E-state index contributed by atoms with van der Waals surface area (Å²) in [5.74, 6) is 2.22. The molecule has 0 saturated carbocycles. The number of nitrogens with zero attached hydrogens (tertiary/aromatic N) is 3. The van der Waals surface area contributed by atoms with Crippen molar-refractivity contribution in [3.05, 3.63) is 66.4 Å². The summed E-state index contributed by atoms with van der Waals surface area (Å²) in [5, 5.41) is 9.42. The highest BCUT2D eigenvalue weighted by molar-refractivity contribution is 5.92. The fraction of sp³-hybridized carbons (Fsp3) is 0.321. The summed E-state index contributed by atoms with van der Waals surface area (Å²) in [7, 11) is 1.94. The van der Waals surface area contributed by atoms with E-state index in [1.807, 2.05) is 67.9 Å². The highest BCUT2D eigenvalue weighted by Crippen LogP contribution is 2.30. The van der Waals surface area contributed by atoms with Crippen LogP contribution in [0.3, 0.4) is 0 Å². The highest BCUT2D eigenvalue weighted by atomic mass is 19.1. The number of rotatable bonds is 8. The molecule has 5 rings (SSSR count). The fourth-order valence-corrected chi connectivity index (χ4v) is 4.36. The number of benzene rings is 2. The van der Waals surface area contributed by atoms with Crippen LogP contribution in [0.4, 0.5) is 21.8 Å². The summed E-state index contributed by atoms with van der Waals surface area (Å²) in [6.07, 6.45) is 2.43. The van der Waals surface area contributed by atoms with Crippen molar-refractivity contribution in [3.63, 3.8) is 0 Å². The molecular weight excluding hydrogens is 471 g/mol. The van der Waals surface area contributed by atoms with Crippen LogP contribution in [0.15, 0.2) is 60.8 Å². The quantitative estimate of drug-likeness (QED) is 0.303. The monoisotopic (exact) mass is 502 g/mol. The lowest BCUT2D eigenvalue weighted by Crippen LogP contribution is -2.25. The summed E-state index contributed by atoms with van der Waals surface area (Å²) in [6.45, 7) is 4.87. The number of anilines is 3. The molecule has 0 radical (unpaired) electrons. The van der Waals surface area contributed by atoms with Crippen molar-refractivity contribution in [2.24, 2.45) is 13.0 Å². The molecule has 8 nitrogen and oxygen atoms in total. The van der Waals surface area contributed by atoms with Crippen LogP contribution >= 0.6 is 0 Å². The zero-order valence-corrected chi connectivity index (χ0v) is 21.2. The Balaban J connectivity index is 1.32. The minimum absolute atomic E-state index is 0.0385. The molecule has 1 amide bonds. The van der Waals surface area contributed by atoms with Crippen LogP contribution in [-0.2, 0) is 17.3 Å². The normalized spacial score (nSPS) is 15.6. The smallest absolute Gasteiger partial charge is 0.229 e. The average Bonchev–Trinajstić information content (AvgIpc) is 3.53. The van der Waals surface area contributed by atoms with E-state index in [2.05, 4.69) is 20.9 Å². The van der Waals surface area contributed by atoms with Crippen LogP contribution in [0.1, 0.15) is 25.8 Å². The van der Waals surface area contributed by atoms with Gasteiger partial charge in [0.15, 0.2) is 0 Å². The first-order valence-electron chi connectivity index (χ1n) is 12.4. The number of imidazole rings is 1. The van der Waals surface area contributed by atoms with Gasteiger partial charge in [0, 0.05) is 43.0 Å². The Labute approximate surface area is 215 Å². The van der Waals surface area contributed by atoms with E-state index < -0.39 is 12.1 Å². The van der Waals surface area contributed by atoms with E-state index in [1.165, 1.54) is 0 Å². The van der Waals surface area contributed by atoms with E-state index in [0.29, 0.717) is 29.8 Å². The van der Waals surface area contributed by atoms with Crippen molar-refractivity contribution in [2.75, 3.05) is 30.4 Å². The maximum Gasteiger partial charge on any atom is 0.229 e. The summed E-state index contributed by atoms with van der Waals surface area (Å²) in [5.41, 5.74) is 2.90. The third-order valence-corrected chi connectivity index (χ3v) is 6.74. The standard InChI is InChI=1S/C28H31FN6O2/c1-28(2,17-29)19-5-4-6-20(13-19)32-27-33-23-14-21(7-8-24(23)35(27)3)37-22-10-12-31-25(15-22)34-26(36)18-9-11-30-16-18/h4-8,10,12-15,18,30H,9,11,16-17H2,1-3H3,(H,32,33)(H,31,34,36). The van der Waals surface area contributed by atoms with E-state index in [0.717, 1.165) is 35.2 Å². The van der Waals surface area contributed by atoms with Gasteiger partial charge in [-0.3, -0.25) is 9.18 Å². The van der Waals surface area contributed by atoms with Gasteiger partial charge < -0.3 is 25.3 Å². The molecule has 3 heterocycles. The SMILES string of the molecule is Cn1c(Nc2cccc(C(C)(C)CF)c2)nc2cc(Oc3ccnc(NC(=O)C4CCNC4)c3)ccc21. The number of fused-ring (bicyclic) bond motifs is 1. The molecule has 9 heteroatoms. The number of alkyl halides is 1. The molecule has 3 N–H and O–H groups in total. The van der Waals surface area contributed by atoms with Gasteiger partial charge in [-0.05, 0) is 48.9 Å². The van der Waals surface area contributed by atoms with E-state index in [1.54, 1.807) is 18.3 Å². The molecule has 2 aromatic heterocycles. The molecule has 1 aliphatic heterocycles. The zero-order chi connectivity index (χ0) is 26.0. The number of carbonyl (C=O) groups excluding carboxylic acids is 1. The Morgan fingerprint density at radius 2 is 2.03 bits per heavy atom. The lowest BCUT2D eigenvalue weighted by molar-refractivity contribution is -0.119. The van der Waals surface area contributed by atoms with E-state index in [-0.39, 0.29) is 11.8 Å². The van der Waals surface area contributed by atoms with Gasteiger partial charge in [-0.15, -0.1) is 0 Å². The molecule has 1 unspecified atom stereocenters. The molecular formula is C28H31FN6O2. The van der Waals surface area contributed by atoms with Crippen molar-refractivity contribution in [1.82, 2.24) is 19.9 Å². The molecule has 1 saturated heterocycles. The lowest BCUT2D eigenvalue weighted by Gasteiger charge is -2.21. The molecule has 1 aliphatic rings. The molecule has 0 aliphatic carbocycles. The van der Waals surface area contributed by atoms with Crippen molar-refractivity contribution in [3.8, 4) is 11.5 Å². The Morgan fingerprint density at radius 3 is 2.81 bits per heavy atom. The molecule has 2 aromatic carbocycles. The van der Waals surface area contributed by atoms with Gasteiger partial charge in [0.2, 0.25) is 11.9 Å². The van der Waals surface area contributed by atoms with Crippen LogP contribution in [0, 0.1) is 5.92 Å². The molecule has 1 atom stereocenters. The number of pyridine rings is 1. The predicted octanol–water partition coefficient (Wildman–Crippen LogP) is 5.30. The van der Waals surface area contributed by atoms with Crippen molar-refractivity contribution >= 4 is 34.4 Å². The van der Waals surface area contributed by atoms with Gasteiger partial charge in [0.1, 0.15) is 17.3 Å². The summed E-state index contributed by atoms with van der Waals surface area (Å²) >= 11 is 0. The first-order valence-corrected chi connectivity index (χ1v) is 12.4. The van der Waals surface area contributed by atoms with E-state index >= 15 is 0 Å². The minimum atomic E-state index is -0.556. The maximum absolute atomic E-state index is 13.5. The molecule has 192 valence electrons. The van der Waals surface area contributed by atoms with Gasteiger partial charge in [-0.1, -0.05) is 26.0 Å². The molecule has 0 bridgehead atoms. The number of nitrogens with one attached hydrogen (secondary N) is 3. The van der Waals surface area contributed by atoms with Crippen molar-refractivity contribution in [1.29, 1.82) is 0 Å². The number of aromatic nitrogens is 3. The predicted molar refractivity (Wildman–Crippen MR) is 143 cm³/mol. The van der Waals surface area contributed by atoms with Gasteiger partial charge in [-0.25, -0.2) is 9.97 Å². The summed E-state index contributed by atoms with van der Waals surface area (Å²) in [6, 6.07) is 16.9.